The third-order valence-electron chi connectivity index (χ3n) is 4.08. The van der Waals surface area contributed by atoms with Crippen molar-refractivity contribution in [2.75, 3.05) is 6.61 Å². The molecule has 0 aromatic carbocycles. The summed E-state index contributed by atoms with van der Waals surface area (Å²) >= 11 is 0. The summed E-state index contributed by atoms with van der Waals surface area (Å²) < 4.78 is 1.64. The minimum Gasteiger partial charge on any atom is -0.476 e. The predicted octanol–water partition coefficient (Wildman–Crippen LogP) is 1.87. The van der Waals surface area contributed by atoms with Crippen LogP contribution < -0.4 is 0 Å². The van der Waals surface area contributed by atoms with Crippen molar-refractivity contribution in [3.63, 3.8) is 0 Å². The first-order valence-corrected chi connectivity index (χ1v) is 7.49. The molecule has 20 heavy (non-hydrogen) atoms. The van der Waals surface area contributed by atoms with Gasteiger partial charge < -0.3 is 10.2 Å². The normalized spacial score (nSPS) is 16.4. The number of aliphatic hydroxyl groups excluding tert-OH is 1. The molecule has 2 N–H and O–H groups in total. The van der Waals surface area contributed by atoms with Crippen molar-refractivity contribution in [3.8, 4) is 0 Å². The summed E-state index contributed by atoms with van der Waals surface area (Å²) in [5, 5.41) is 25.7. The van der Waals surface area contributed by atoms with Crippen LogP contribution in [-0.4, -0.2) is 37.8 Å². The van der Waals surface area contributed by atoms with Crippen molar-refractivity contribution in [2.45, 2.75) is 57.9 Å². The van der Waals surface area contributed by atoms with Crippen LogP contribution in [0.4, 0.5) is 0 Å². The van der Waals surface area contributed by atoms with Gasteiger partial charge in [0.15, 0.2) is 5.69 Å². The van der Waals surface area contributed by atoms with E-state index in [0.29, 0.717) is 31.0 Å². The Morgan fingerprint density at radius 3 is 2.70 bits per heavy atom. The topological polar surface area (TPSA) is 88.2 Å². The average molecular weight is 281 g/mol. The Balaban J connectivity index is 2.02. The molecule has 1 aromatic rings. The van der Waals surface area contributed by atoms with Crippen LogP contribution in [0.25, 0.3) is 0 Å². The summed E-state index contributed by atoms with van der Waals surface area (Å²) in [4.78, 5) is 11.2. The highest BCUT2D eigenvalue weighted by Crippen LogP contribution is 2.27. The first-order valence-electron chi connectivity index (χ1n) is 7.49. The molecule has 112 valence electrons. The molecule has 1 fully saturated rings. The molecule has 1 heterocycles. The third-order valence-corrected chi connectivity index (χ3v) is 4.08. The summed E-state index contributed by atoms with van der Waals surface area (Å²) in [6, 6.07) is 0. The Hall–Kier alpha value is -1.43. The number of hydrogen-bond donors (Lipinski definition) is 2. The van der Waals surface area contributed by atoms with Gasteiger partial charge in [-0.3, -0.25) is 0 Å². The van der Waals surface area contributed by atoms with Crippen molar-refractivity contribution in [1.82, 2.24) is 15.0 Å². The van der Waals surface area contributed by atoms with Gasteiger partial charge in [-0.1, -0.05) is 37.3 Å². The molecule has 0 bridgehead atoms. The Kier molecular flexibility index (Phi) is 5.52. The molecule has 1 aliphatic rings. The second-order valence-electron chi connectivity index (χ2n) is 5.53. The van der Waals surface area contributed by atoms with Crippen molar-refractivity contribution in [3.05, 3.63) is 11.4 Å². The van der Waals surface area contributed by atoms with E-state index in [9.17, 15) is 9.90 Å². The van der Waals surface area contributed by atoms with Gasteiger partial charge >= 0.3 is 5.97 Å². The van der Waals surface area contributed by atoms with Gasteiger partial charge in [0, 0.05) is 13.2 Å². The lowest BCUT2D eigenvalue weighted by molar-refractivity contribution is 0.0689. The summed E-state index contributed by atoms with van der Waals surface area (Å²) in [7, 11) is 0. The summed E-state index contributed by atoms with van der Waals surface area (Å²) in [5.41, 5.74) is 0.773. The first-order chi connectivity index (χ1) is 9.72. The second-order valence-corrected chi connectivity index (χ2v) is 5.53. The number of nitrogens with zero attached hydrogens (tertiary/aromatic N) is 3. The molecule has 0 unspecified atom stereocenters. The van der Waals surface area contributed by atoms with Crippen LogP contribution in [0.5, 0.6) is 0 Å². The fourth-order valence-corrected chi connectivity index (χ4v) is 2.96. The average Bonchev–Trinajstić information content (AvgIpc) is 2.87. The van der Waals surface area contributed by atoms with E-state index in [1.165, 1.54) is 32.1 Å². The lowest BCUT2D eigenvalue weighted by atomic mass is 9.85. The third kappa shape index (κ3) is 3.79. The van der Waals surface area contributed by atoms with Gasteiger partial charge in [0.25, 0.3) is 0 Å². The molecule has 1 saturated carbocycles. The number of carboxylic acids is 1. The van der Waals surface area contributed by atoms with Crippen LogP contribution in [0, 0.1) is 5.92 Å². The van der Waals surface area contributed by atoms with Gasteiger partial charge in [-0.05, 0) is 25.2 Å². The van der Waals surface area contributed by atoms with E-state index < -0.39 is 5.97 Å². The van der Waals surface area contributed by atoms with Gasteiger partial charge in [-0.2, -0.15) is 0 Å². The fraction of sp³-hybridized carbons (Fsp3) is 0.786. The molecule has 0 aliphatic heterocycles. The van der Waals surface area contributed by atoms with E-state index in [2.05, 4.69) is 10.3 Å². The Morgan fingerprint density at radius 2 is 2.05 bits per heavy atom. The maximum atomic E-state index is 11.2. The standard InChI is InChI=1S/C14H23N3O3/c18-10-4-9-17-12(13(14(19)20)15-16-17)8-7-11-5-2-1-3-6-11/h11,18H,1-10H2,(H,19,20). The fourth-order valence-electron chi connectivity index (χ4n) is 2.96. The summed E-state index contributed by atoms with van der Waals surface area (Å²) in [6.45, 7) is 0.598. The number of aliphatic hydroxyl groups is 1. The molecular weight excluding hydrogens is 258 g/mol. The van der Waals surface area contributed by atoms with E-state index in [-0.39, 0.29) is 12.3 Å². The predicted molar refractivity (Wildman–Crippen MR) is 73.6 cm³/mol. The van der Waals surface area contributed by atoms with E-state index in [4.69, 9.17) is 5.11 Å². The molecule has 6 heteroatoms. The molecule has 1 aromatic heterocycles. The van der Waals surface area contributed by atoms with Crippen LogP contribution in [0.3, 0.4) is 0 Å². The molecule has 2 rings (SSSR count). The van der Waals surface area contributed by atoms with Crippen molar-refractivity contribution in [2.24, 2.45) is 5.92 Å². The highest BCUT2D eigenvalue weighted by molar-refractivity contribution is 5.86. The smallest absolute Gasteiger partial charge is 0.358 e. The monoisotopic (exact) mass is 281 g/mol. The van der Waals surface area contributed by atoms with Crippen molar-refractivity contribution in [1.29, 1.82) is 0 Å². The number of aromatic nitrogens is 3. The molecule has 0 amide bonds. The van der Waals surface area contributed by atoms with Gasteiger partial charge in [0.05, 0.1) is 5.69 Å². The minimum absolute atomic E-state index is 0.0683. The zero-order valence-corrected chi connectivity index (χ0v) is 11.8. The SMILES string of the molecule is O=C(O)c1nnn(CCCO)c1CCC1CCCCC1. The van der Waals surface area contributed by atoms with Gasteiger partial charge in [0.1, 0.15) is 0 Å². The number of carbonyl (C=O) groups is 1. The van der Waals surface area contributed by atoms with Crippen LogP contribution >= 0.6 is 0 Å². The Bertz CT molecular complexity index is 439. The summed E-state index contributed by atoms with van der Waals surface area (Å²) in [5.74, 6) is -0.314. The van der Waals surface area contributed by atoms with Crippen LogP contribution in [-0.2, 0) is 13.0 Å². The zero-order valence-electron chi connectivity index (χ0n) is 11.8. The van der Waals surface area contributed by atoms with Crippen LogP contribution in [0.2, 0.25) is 0 Å². The zero-order chi connectivity index (χ0) is 14.4. The van der Waals surface area contributed by atoms with Crippen LogP contribution in [0.1, 0.15) is 61.1 Å². The lowest BCUT2D eigenvalue weighted by Crippen LogP contribution is -2.13. The number of aryl methyl sites for hydroxylation is 1. The molecule has 0 atom stereocenters. The van der Waals surface area contributed by atoms with E-state index in [0.717, 1.165) is 6.42 Å². The first kappa shape index (κ1) is 15.0. The Labute approximate surface area is 118 Å². The minimum atomic E-state index is -1.01. The maximum absolute atomic E-state index is 11.2. The molecule has 0 radical (unpaired) electrons. The lowest BCUT2D eigenvalue weighted by Gasteiger charge is -2.21. The van der Waals surface area contributed by atoms with Gasteiger partial charge in [-0.15, -0.1) is 5.10 Å². The number of hydrogen-bond acceptors (Lipinski definition) is 4. The van der Waals surface area contributed by atoms with Crippen LogP contribution in [0.15, 0.2) is 0 Å². The second kappa shape index (κ2) is 7.38. The van der Waals surface area contributed by atoms with E-state index >= 15 is 0 Å². The van der Waals surface area contributed by atoms with E-state index in [1.54, 1.807) is 4.68 Å². The maximum Gasteiger partial charge on any atom is 0.358 e. The molecule has 1 aliphatic carbocycles. The van der Waals surface area contributed by atoms with E-state index in [1.807, 2.05) is 0 Å². The summed E-state index contributed by atoms with van der Waals surface area (Å²) in [6.07, 6.45) is 8.70. The Morgan fingerprint density at radius 1 is 1.30 bits per heavy atom. The molecule has 0 saturated heterocycles. The van der Waals surface area contributed by atoms with Gasteiger partial charge in [0.2, 0.25) is 0 Å². The number of carboxylic acid groups (broad SMARTS) is 1. The molecule has 6 nitrogen and oxygen atoms in total. The van der Waals surface area contributed by atoms with Crippen molar-refractivity contribution >= 4 is 5.97 Å². The molecule has 0 spiro atoms. The van der Waals surface area contributed by atoms with Crippen molar-refractivity contribution < 1.29 is 15.0 Å². The largest absolute Gasteiger partial charge is 0.476 e. The number of rotatable bonds is 7. The highest BCUT2D eigenvalue weighted by atomic mass is 16.4. The highest BCUT2D eigenvalue weighted by Gasteiger charge is 2.21. The quantitative estimate of drug-likeness (QED) is 0.796. The molecular formula is C14H23N3O3. The number of aromatic carboxylic acids is 1. The van der Waals surface area contributed by atoms with Gasteiger partial charge in [-0.25, -0.2) is 9.48 Å².